The standard InChI is InChI=1S/C15H18F4N2/c16-11-5-10(8-20-12-1-2-12)6-14(7-11)21(13-3-4-13)9-15(17,18)19/h5-7,12-13,20H,1-4,8-9H2. The van der Waals surface area contributed by atoms with Gasteiger partial charge in [0.05, 0.1) is 0 Å². The van der Waals surface area contributed by atoms with Crippen LogP contribution in [0.1, 0.15) is 31.2 Å². The van der Waals surface area contributed by atoms with Crippen LogP contribution in [0.25, 0.3) is 0 Å². The largest absolute Gasteiger partial charge is 0.405 e. The Kier molecular flexibility index (Phi) is 3.82. The van der Waals surface area contributed by atoms with E-state index in [1.54, 1.807) is 6.07 Å². The number of nitrogens with zero attached hydrogens (tertiary/aromatic N) is 1. The molecule has 0 aromatic heterocycles. The van der Waals surface area contributed by atoms with E-state index in [4.69, 9.17) is 0 Å². The van der Waals surface area contributed by atoms with Crippen molar-refractivity contribution in [1.29, 1.82) is 0 Å². The van der Waals surface area contributed by atoms with Crippen molar-refractivity contribution in [1.82, 2.24) is 5.32 Å². The second kappa shape index (κ2) is 5.48. The molecule has 2 saturated carbocycles. The molecule has 1 aromatic carbocycles. The van der Waals surface area contributed by atoms with Gasteiger partial charge in [0.15, 0.2) is 0 Å². The molecule has 21 heavy (non-hydrogen) atoms. The van der Waals surface area contributed by atoms with Crippen LogP contribution in [-0.4, -0.2) is 24.8 Å². The lowest BCUT2D eigenvalue weighted by atomic mass is 10.1. The summed E-state index contributed by atoms with van der Waals surface area (Å²) in [6, 6.07) is 4.62. The van der Waals surface area contributed by atoms with Gasteiger partial charge in [-0.05, 0) is 49.4 Å². The molecular weight excluding hydrogens is 284 g/mol. The maximum Gasteiger partial charge on any atom is 0.405 e. The number of nitrogens with one attached hydrogen (secondary N) is 1. The number of hydrogen-bond acceptors (Lipinski definition) is 2. The molecule has 0 spiro atoms. The predicted molar refractivity (Wildman–Crippen MR) is 72.7 cm³/mol. The molecular formula is C15H18F4N2. The average molecular weight is 302 g/mol. The molecule has 116 valence electrons. The van der Waals surface area contributed by atoms with Crippen LogP contribution in [0.2, 0.25) is 0 Å². The van der Waals surface area contributed by atoms with Gasteiger partial charge in [0.2, 0.25) is 0 Å². The first-order chi connectivity index (χ1) is 9.90. The third-order valence-electron chi connectivity index (χ3n) is 3.78. The van der Waals surface area contributed by atoms with E-state index in [2.05, 4.69) is 5.32 Å². The Hall–Kier alpha value is -1.30. The van der Waals surface area contributed by atoms with Gasteiger partial charge in [-0.3, -0.25) is 0 Å². The quantitative estimate of drug-likeness (QED) is 0.808. The van der Waals surface area contributed by atoms with E-state index in [-0.39, 0.29) is 6.04 Å². The highest BCUT2D eigenvalue weighted by Crippen LogP contribution is 2.35. The lowest BCUT2D eigenvalue weighted by Gasteiger charge is -2.26. The second-order valence-electron chi connectivity index (χ2n) is 5.95. The molecule has 2 fully saturated rings. The molecule has 0 radical (unpaired) electrons. The van der Waals surface area contributed by atoms with E-state index in [1.165, 1.54) is 17.0 Å². The van der Waals surface area contributed by atoms with Crippen molar-refractivity contribution >= 4 is 5.69 Å². The lowest BCUT2D eigenvalue weighted by Crippen LogP contribution is -2.36. The van der Waals surface area contributed by atoms with Gasteiger partial charge >= 0.3 is 6.18 Å². The molecule has 0 aliphatic heterocycles. The van der Waals surface area contributed by atoms with Crippen LogP contribution in [0.3, 0.4) is 0 Å². The first-order valence-corrected chi connectivity index (χ1v) is 7.27. The van der Waals surface area contributed by atoms with Gasteiger partial charge in [0.25, 0.3) is 0 Å². The van der Waals surface area contributed by atoms with Crippen molar-refractivity contribution in [3.63, 3.8) is 0 Å². The summed E-state index contributed by atoms with van der Waals surface area (Å²) in [7, 11) is 0. The molecule has 0 unspecified atom stereocenters. The normalized spacial score (nSPS) is 18.9. The molecule has 0 saturated heterocycles. The minimum atomic E-state index is -4.28. The first kappa shape index (κ1) is 14.6. The van der Waals surface area contributed by atoms with Crippen LogP contribution in [0.4, 0.5) is 23.2 Å². The Morgan fingerprint density at radius 2 is 1.81 bits per heavy atom. The summed E-state index contributed by atoms with van der Waals surface area (Å²) in [4.78, 5) is 1.28. The topological polar surface area (TPSA) is 15.3 Å². The SMILES string of the molecule is Fc1cc(CNC2CC2)cc(N(CC(F)(F)F)C2CC2)c1. The van der Waals surface area contributed by atoms with Crippen LogP contribution in [0.5, 0.6) is 0 Å². The summed E-state index contributed by atoms with van der Waals surface area (Å²) in [5.41, 5.74) is 1.03. The number of benzene rings is 1. The fraction of sp³-hybridized carbons (Fsp3) is 0.600. The van der Waals surface area contributed by atoms with Crippen molar-refractivity contribution < 1.29 is 17.6 Å². The van der Waals surface area contributed by atoms with Gasteiger partial charge in [-0.15, -0.1) is 0 Å². The van der Waals surface area contributed by atoms with E-state index >= 15 is 0 Å². The lowest BCUT2D eigenvalue weighted by molar-refractivity contribution is -0.120. The number of alkyl halides is 3. The summed E-state index contributed by atoms with van der Waals surface area (Å²) < 4.78 is 51.8. The maximum atomic E-state index is 13.7. The Labute approximate surface area is 121 Å². The monoisotopic (exact) mass is 302 g/mol. The van der Waals surface area contributed by atoms with Crippen molar-refractivity contribution in [2.75, 3.05) is 11.4 Å². The first-order valence-electron chi connectivity index (χ1n) is 7.27. The summed E-state index contributed by atoms with van der Waals surface area (Å²) in [5.74, 6) is -0.479. The Morgan fingerprint density at radius 3 is 2.38 bits per heavy atom. The Balaban J connectivity index is 1.77. The highest BCUT2D eigenvalue weighted by molar-refractivity contribution is 5.51. The van der Waals surface area contributed by atoms with E-state index in [1.807, 2.05) is 0 Å². The minimum absolute atomic E-state index is 0.113. The molecule has 0 atom stereocenters. The van der Waals surface area contributed by atoms with E-state index in [0.29, 0.717) is 23.8 Å². The smallest absolute Gasteiger partial charge is 0.359 e. The molecule has 2 nitrogen and oxygen atoms in total. The van der Waals surface area contributed by atoms with Crippen LogP contribution in [-0.2, 0) is 6.54 Å². The third kappa shape index (κ3) is 4.33. The maximum absolute atomic E-state index is 13.7. The zero-order chi connectivity index (χ0) is 15.0. The van der Waals surface area contributed by atoms with Crippen LogP contribution >= 0.6 is 0 Å². The van der Waals surface area contributed by atoms with Crippen molar-refractivity contribution in [3.8, 4) is 0 Å². The fourth-order valence-electron chi connectivity index (χ4n) is 2.46. The molecule has 1 N–H and O–H groups in total. The number of anilines is 1. The van der Waals surface area contributed by atoms with E-state index in [0.717, 1.165) is 25.7 Å². The predicted octanol–water partition coefficient (Wildman–Crippen LogP) is 3.61. The summed E-state index contributed by atoms with van der Waals surface area (Å²) in [6.45, 7) is -0.517. The van der Waals surface area contributed by atoms with Gasteiger partial charge in [0, 0.05) is 24.3 Å². The minimum Gasteiger partial charge on any atom is -0.359 e. The van der Waals surface area contributed by atoms with Gasteiger partial charge in [0.1, 0.15) is 12.4 Å². The fourth-order valence-corrected chi connectivity index (χ4v) is 2.46. The zero-order valence-electron chi connectivity index (χ0n) is 11.6. The van der Waals surface area contributed by atoms with E-state index < -0.39 is 18.5 Å². The van der Waals surface area contributed by atoms with Gasteiger partial charge in [-0.2, -0.15) is 13.2 Å². The summed E-state index contributed by atoms with van der Waals surface area (Å²) >= 11 is 0. The molecule has 0 amide bonds. The molecule has 3 rings (SSSR count). The molecule has 2 aliphatic rings. The van der Waals surface area contributed by atoms with E-state index in [9.17, 15) is 17.6 Å². The number of rotatable bonds is 6. The third-order valence-corrected chi connectivity index (χ3v) is 3.78. The molecule has 0 bridgehead atoms. The van der Waals surface area contributed by atoms with Crippen LogP contribution in [0, 0.1) is 5.82 Å². The van der Waals surface area contributed by atoms with Crippen molar-refractivity contribution in [2.24, 2.45) is 0 Å². The number of hydrogen-bond donors (Lipinski definition) is 1. The highest BCUT2D eigenvalue weighted by atomic mass is 19.4. The van der Waals surface area contributed by atoms with Gasteiger partial charge in [-0.1, -0.05) is 0 Å². The van der Waals surface area contributed by atoms with Gasteiger partial charge in [-0.25, -0.2) is 4.39 Å². The number of halogens is 4. The molecule has 2 aliphatic carbocycles. The zero-order valence-corrected chi connectivity index (χ0v) is 11.6. The molecule has 1 aromatic rings. The highest BCUT2D eigenvalue weighted by Gasteiger charge is 2.38. The van der Waals surface area contributed by atoms with Gasteiger partial charge < -0.3 is 10.2 Å². The Bertz CT molecular complexity index is 507. The van der Waals surface area contributed by atoms with Crippen molar-refractivity contribution in [3.05, 3.63) is 29.6 Å². The summed E-state index contributed by atoms with van der Waals surface area (Å²) in [6.07, 6.45) is -0.569. The Morgan fingerprint density at radius 1 is 1.10 bits per heavy atom. The van der Waals surface area contributed by atoms with Crippen LogP contribution < -0.4 is 10.2 Å². The molecule has 0 heterocycles. The average Bonchev–Trinajstić information content (AvgIpc) is 3.25. The summed E-state index contributed by atoms with van der Waals surface area (Å²) in [5, 5.41) is 3.25. The van der Waals surface area contributed by atoms with Crippen molar-refractivity contribution in [2.45, 2.75) is 50.5 Å². The second-order valence-corrected chi connectivity index (χ2v) is 5.95. The van der Waals surface area contributed by atoms with Crippen LogP contribution in [0.15, 0.2) is 18.2 Å². The molecule has 6 heteroatoms.